The Morgan fingerprint density at radius 1 is 0.941 bits per heavy atom. The fourth-order valence-corrected chi connectivity index (χ4v) is 1.84. The zero-order valence-electron chi connectivity index (χ0n) is 12.4. The van der Waals surface area contributed by atoms with E-state index in [-0.39, 0.29) is 0 Å². The number of hydrogen-bond donors (Lipinski definition) is 1. The highest BCUT2D eigenvalue weighted by Crippen LogP contribution is 2.08. The van der Waals surface area contributed by atoms with Crippen molar-refractivity contribution in [3.05, 3.63) is 0 Å². The Labute approximate surface area is 109 Å². The molecule has 0 spiro atoms. The number of rotatable bonds is 12. The van der Waals surface area contributed by atoms with Crippen molar-refractivity contribution >= 4 is 0 Å². The molecule has 2 heteroatoms. The summed E-state index contributed by atoms with van der Waals surface area (Å²) in [6, 6.07) is 0.605. The summed E-state index contributed by atoms with van der Waals surface area (Å²) in [6.45, 7) is 10.9. The van der Waals surface area contributed by atoms with Crippen molar-refractivity contribution in [3.8, 4) is 0 Å². The van der Waals surface area contributed by atoms with Crippen LogP contribution in [0.3, 0.4) is 0 Å². The van der Waals surface area contributed by atoms with E-state index >= 15 is 0 Å². The summed E-state index contributed by atoms with van der Waals surface area (Å²) in [7, 11) is 0. The van der Waals surface area contributed by atoms with Crippen molar-refractivity contribution in [2.24, 2.45) is 0 Å². The predicted molar refractivity (Wildman–Crippen MR) is 76.5 cm³/mol. The minimum atomic E-state index is 0.449. The highest BCUT2D eigenvalue weighted by atomic mass is 16.5. The Balaban J connectivity index is 3.13. The fraction of sp³-hybridized carbons (Fsp3) is 1.00. The second kappa shape index (κ2) is 12.4. The maximum atomic E-state index is 5.80. The van der Waals surface area contributed by atoms with Crippen LogP contribution in [0, 0.1) is 0 Å². The Hall–Kier alpha value is -0.0800. The molecule has 0 aromatic heterocycles. The van der Waals surface area contributed by atoms with Crippen molar-refractivity contribution in [1.29, 1.82) is 0 Å². The SMILES string of the molecule is CCCCCCC(C)OCCCCNC(C)C. The highest BCUT2D eigenvalue weighted by Gasteiger charge is 2.01. The lowest BCUT2D eigenvalue weighted by Crippen LogP contribution is -2.23. The van der Waals surface area contributed by atoms with Gasteiger partial charge in [0.25, 0.3) is 0 Å². The maximum absolute atomic E-state index is 5.80. The average molecular weight is 243 g/mol. The van der Waals surface area contributed by atoms with E-state index in [0.717, 1.165) is 13.2 Å². The molecule has 0 saturated heterocycles. The number of unbranched alkanes of at least 4 members (excludes halogenated alkanes) is 4. The van der Waals surface area contributed by atoms with Gasteiger partial charge in [-0.3, -0.25) is 0 Å². The summed E-state index contributed by atoms with van der Waals surface area (Å²) in [5.74, 6) is 0. The largest absolute Gasteiger partial charge is 0.379 e. The fourth-order valence-electron chi connectivity index (χ4n) is 1.84. The van der Waals surface area contributed by atoms with E-state index in [0.29, 0.717) is 12.1 Å². The van der Waals surface area contributed by atoms with E-state index in [9.17, 15) is 0 Å². The minimum absolute atomic E-state index is 0.449. The lowest BCUT2D eigenvalue weighted by Gasteiger charge is -2.13. The normalized spacial score (nSPS) is 13.2. The number of ether oxygens (including phenoxy) is 1. The molecule has 0 rings (SSSR count). The molecule has 1 N–H and O–H groups in total. The molecular formula is C15H33NO. The quantitative estimate of drug-likeness (QED) is 0.520. The van der Waals surface area contributed by atoms with E-state index in [4.69, 9.17) is 4.74 Å². The van der Waals surface area contributed by atoms with Crippen LogP contribution in [-0.4, -0.2) is 25.3 Å². The van der Waals surface area contributed by atoms with Crippen LogP contribution in [0.4, 0.5) is 0 Å². The summed E-state index contributed by atoms with van der Waals surface area (Å²) in [4.78, 5) is 0. The van der Waals surface area contributed by atoms with Gasteiger partial charge in [-0.2, -0.15) is 0 Å². The zero-order valence-corrected chi connectivity index (χ0v) is 12.4. The van der Waals surface area contributed by atoms with Gasteiger partial charge in [-0.1, -0.05) is 46.5 Å². The molecule has 0 aliphatic heterocycles. The topological polar surface area (TPSA) is 21.3 Å². The Morgan fingerprint density at radius 2 is 1.71 bits per heavy atom. The van der Waals surface area contributed by atoms with Gasteiger partial charge >= 0.3 is 0 Å². The summed E-state index contributed by atoms with van der Waals surface area (Å²) in [6.07, 6.45) is 9.45. The Morgan fingerprint density at radius 3 is 2.35 bits per heavy atom. The molecule has 0 bridgehead atoms. The Bertz CT molecular complexity index is 148. The first-order chi connectivity index (χ1) is 8.16. The molecule has 104 valence electrons. The summed E-state index contributed by atoms with van der Waals surface area (Å²) in [5, 5.41) is 3.43. The van der Waals surface area contributed by atoms with Crippen molar-refractivity contribution in [2.75, 3.05) is 13.2 Å². The van der Waals surface area contributed by atoms with Crippen LogP contribution < -0.4 is 5.32 Å². The molecule has 1 atom stereocenters. The summed E-state index contributed by atoms with van der Waals surface area (Å²) in [5.41, 5.74) is 0. The molecule has 0 amide bonds. The van der Waals surface area contributed by atoms with Gasteiger partial charge in [-0.05, 0) is 32.7 Å². The maximum Gasteiger partial charge on any atom is 0.0547 e. The second-order valence-corrected chi connectivity index (χ2v) is 5.35. The first-order valence-electron chi connectivity index (χ1n) is 7.51. The molecule has 0 saturated carbocycles. The van der Waals surface area contributed by atoms with Gasteiger partial charge in [0.15, 0.2) is 0 Å². The van der Waals surface area contributed by atoms with Gasteiger partial charge in [-0.25, -0.2) is 0 Å². The molecular weight excluding hydrogens is 210 g/mol. The zero-order chi connectivity index (χ0) is 12.9. The van der Waals surface area contributed by atoms with Crippen LogP contribution in [0.1, 0.15) is 72.6 Å². The van der Waals surface area contributed by atoms with Crippen LogP contribution in [0.25, 0.3) is 0 Å². The van der Waals surface area contributed by atoms with E-state index < -0.39 is 0 Å². The second-order valence-electron chi connectivity index (χ2n) is 5.35. The van der Waals surface area contributed by atoms with Crippen LogP contribution in [0.2, 0.25) is 0 Å². The van der Waals surface area contributed by atoms with Gasteiger partial charge in [-0.15, -0.1) is 0 Å². The van der Waals surface area contributed by atoms with E-state index in [1.807, 2.05) is 0 Å². The van der Waals surface area contributed by atoms with E-state index in [1.54, 1.807) is 0 Å². The molecule has 0 aromatic carbocycles. The molecule has 1 unspecified atom stereocenters. The third kappa shape index (κ3) is 13.9. The van der Waals surface area contributed by atoms with E-state index in [2.05, 4.69) is 33.0 Å². The number of nitrogens with one attached hydrogen (secondary N) is 1. The lowest BCUT2D eigenvalue weighted by molar-refractivity contribution is 0.0560. The van der Waals surface area contributed by atoms with Crippen molar-refractivity contribution in [1.82, 2.24) is 5.32 Å². The van der Waals surface area contributed by atoms with E-state index in [1.165, 1.54) is 44.9 Å². The van der Waals surface area contributed by atoms with Crippen LogP contribution >= 0.6 is 0 Å². The van der Waals surface area contributed by atoms with Gasteiger partial charge < -0.3 is 10.1 Å². The molecule has 2 nitrogen and oxygen atoms in total. The van der Waals surface area contributed by atoms with Crippen molar-refractivity contribution in [2.45, 2.75) is 84.8 Å². The molecule has 17 heavy (non-hydrogen) atoms. The van der Waals surface area contributed by atoms with Gasteiger partial charge in [0.05, 0.1) is 6.10 Å². The van der Waals surface area contributed by atoms with Gasteiger partial charge in [0.1, 0.15) is 0 Å². The van der Waals surface area contributed by atoms with Crippen molar-refractivity contribution in [3.63, 3.8) is 0 Å². The number of hydrogen-bond acceptors (Lipinski definition) is 2. The third-order valence-electron chi connectivity index (χ3n) is 2.99. The molecule has 0 aliphatic rings. The highest BCUT2D eigenvalue weighted by molar-refractivity contribution is 4.54. The minimum Gasteiger partial charge on any atom is -0.379 e. The predicted octanol–water partition coefficient (Wildman–Crippen LogP) is 4.14. The van der Waals surface area contributed by atoms with Gasteiger partial charge in [0, 0.05) is 12.6 Å². The standard InChI is InChI=1S/C15H33NO/c1-5-6-7-8-11-15(4)17-13-10-9-12-16-14(2)3/h14-16H,5-13H2,1-4H3. The summed E-state index contributed by atoms with van der Waals surface area (Å²) < 4.78 is 5.80. The van der Waals surface area contributed by atoms with Crippen LogP contribution in [-0.2, 0) is 4.74 Å². The summed E-state index contributed by atoms with van der Waals surface area (Å²) >= 11 is 0. The van der Waals surface area contributed by atoms with Gasteiger partial charge in [0.2, 0.25) is 0 Å². The van der Waals surface area contributed by atoms with Crippen LogP contribution in [0.5, 0.6) is 0 Å². The van der Waals surface area contributed by atoms with Crippen LogP contribution in [0.15, 0.2) is 0 Å². The molecule has 0 aromatic rings. The van der Waals surface area contributed by atoms with Crippen molar-refractivity contribution < 1.29 is 4.74 Å². The monoisotopic (exact) mass is 243 g/mol. The smallest absolute Gasteiger partial charge is 0.0547 e. The molecule has 0 radical (unpaired) electrons. The Kier molecular flexibility index (Phi) is 12.3. The first kappa shape index (κ1) is 16.9. The average Bonchev–Trinajstić information content (AvgIpc) is 2.29. The molecule has 0 aliphatic carbocycles. The molecule has 0 fully saturated rings. The lowest BCUT2D eigenvalue weighted by atomic mass is 10.1. The third-order valence-corrected chi connectivity index (χ3v) is 2.99. The first-order valence-corrected chi connectivity index (χ1v) is 7.51. The molecule has 0 heterocycles.